The van der Waals surface area contributed by atoms with Crippen LogP contribution in [-0.2, 0) is 22.6 Å². The third-order valence-electron chi connectivity index (χ3n) is 6.90. The molecule has 3 heterocycles. The second kappa shape index (κ2) is 13.3. The van der Waals surface area contributed by atoms with Crippen molar-refractivity contribution in [1.82, 2.24) is 19.7 Å². The third kappa shape index (κ3) is 7.55. The average molecular weight is 598 g/mol. The molecule has 0 bridgehead atoms. The molecule has 2 aliphatic heterocycles. The first kappa shape index (κ1) is 28.8. The first-order valence-electron chi connectivity index (χ1n) is 13.6. The van der Waals surface area contributed by atoms with Crippen LogP contribution in [0.5, 0.6) is 11.5 Å². The highest BCUT2D eigenvalue weighted by Gasteiger charge is 2.23. The van der Waals surface area contributed by atoms with E-state index in [4.69, 9.17) is 21.1 Å². The van der Waals surface area contributed by atoms with Crippen LogP contribution in [0.4, 0.5) is 5.13 Å². The second-order valence-corrected chi connectivity index (χ2v) is 11.2. The van der Waals surface area contributed by atoms with Crippen molar-refractivity contribution in [3.05, 3.63) is 69.7 Å². The lowest BCUT2D eigenvalue weighted by molar-refractivity contribution is -0.132. The molecule has 10 nitrogen and oxygen atoms in total. The van der Waals surface area contributed by atoms with Crippen molar-refractivity contribution < 1.29 is 23.9 Å². The standard InChI is InChI=1S/C29H32ClN5O5S/c1-2-9-35(28(38)21-4-6-22(30)7-5-21)17-26(36)32-29-31-23(18-41-29)15-27(37)34-12-10-33(11-13-34)16-20-3-8-24-25(14-20)40-19-39-24/h3-8,14,18H,2,9-13,15-17,19H2,1H3,(H,31,32,36). The van der Waals surface area contributed by atoms with Crippen LogP contribution < -0.4 is 14.8 Å². The Kier molecular flexibility index (Phi) is 9.38. The second-order valence-electron chi connectivity index (χ2n) is 9.95. The van der Waals surface area contributed by atoms with E-state index in [1.54, 1.807) is 29.6 Å². The molecule has 0 atom stereocenters. The van der Waals surface area contributed by atoms with Crippen LogP contribution >= 0.6 is 22.9 Å². The zero-order valence-electron chi connectivity index (χ0n) is 22.8. The molecule has 12 heteroatoms. The van der Waals surface area contributed by atoms with Gasteiger partial charge in [0.1, 0.15) is 6.54 Å². The number of piperazine rings is 1. The van der Waals surface area contributed by atoms with Crippen LogP contribution in [0, 0.1) is 0 Å². The van der Waals surface area contributed by atoms with Gasteiger partial charge in [-0.3, -0.25) is 19.3 Å². The van der Waals surface area contributed by atoms with Gasteiger partial charge in [-0.2, -0.15) is 0 Å². The molecule has 3 aromatic rings. The number of hydrogen-bond donors (Lipinski definition) is 1. The largest absolute Gasteiger partial charge is 0.454 e. The van der Waals surface area contributed by atoms with Gasteiger partial charge in [0.25, 0.3) is 5.91 Å². The van der Waals surface area contributed by atoms with Crippen LogP contribution in [0.3, 0.4) is 0 Å². The number of benzene rings is 2. The van der Waals surface area contributed by atoms with Crippen molar-refractivity contribution in [1.29, 1.82) is 0 Å². The van der Waals surface area contributed by atoms with E-state index < -0.39 is 0 Å². The first-order valence-corrected chi connectivity index (χ1v) is 14.8. The maximum Gasteiger partial charge on any atom is 0.254 e. The Labute approximate surface area is 247 Å². The lowest BCUT2D eigenvalue weighted by Gasteiger charge is -2.34. The number of amides is 3. The van der Waals surface area contributed by atoms with Gasteiger partial charge in [-0.1, -0.05) is 24.6 Å². The van der Waals surface area contributed by atoms with E-state index in [1.165, 1.54) is 16.2 Å². The number of aromatic nitrogens is 1. The van der Waals surface area contributed by atoms with Gasteiger partial charge in [-0.05, 0) is 48.4 Å². The van der Waals surface area contributed by atoms with E-state index in [2.05, 4.69) is 15.2 Å². The lowest BCUT2D eigenvalue weighted by atomic mass is 10.1. The quantitative estimate of drug-likeness (QED) is 0.378. The molecule has 1 fully saturated rings. The number of halogens is 1. The van der Waals surface area contributed by atoms with E-state index in [0.717, 1.165) is 36.7 Å². The smallest absolute Gasteiger partial charge is 0.254 e. The van der Waals surface area contributed by atoms with Crippen LogP contribution in [0.15, 0.2) is 47.8 Å². The molecule has 216 valence electrons. The molecule has 2 aliphatic rings. The normalized spacial score (nSPS) is 14.6. The number of thiazole rings is 1. The van der Waals surface area contributed by atoms with Crippen molar-refractivity contribution in [3.63, 3.8) is 0 Å². The van der Waals surface area contributed by atoms with Crippen LogP contribution in [-0.4, -0.2) is 83.5 Å². The van der Waals surface area contributed by atoms with Crippen molar-refractivity contribution in [2.45, 2.75) is 26.3 Å². The average Bonchev–Trinajstić information content (AvgIpc) is 3.62. The highest BCUT2D eigenvalue weighted by Crippen LogP contribution is 2.33. The van der Waals surface area contributed by atoms with Gasteiger partial charge in [0.05, 0.1) is 12.1 Å². The molecule has 0 saturated carbocycles. The predicted molar refractivity (Wildman–Crippen MR) is 157 cm³/mol. The number of anilines is 1. The molecule has 1 aromatic heterocycles. The number of nitrogens with zero attached hydrogens (tertiary/aromatic N) is 4. The zero-order chi connectivity index (χ0) is 28.8. The fraction of sp³-hybridized carbons (Fsp3) is 0.379. The summed E-state index contributed by atoms with van der Waals surface area (Å²) in [5.41, 5.74) is 2.23. The van der Waals surface area contributed by atoms with Gasteiger partial charge in [0.2, 0.25) is 18.6 Å². The molecule has 0 radical (unpaired) electrons. The number of carbonyl (C=O) groups excluding carboxylic acids is 3. The minimum Gasteiger partial charge on any atom is -0.454 e. The summed E-state index contributed by atoms with van der Waals surface area (Å²) in [6, 6.07) is 12.6. The Morgan fingerprint density at radius 1 is 1.05 bits per heavy atom. The summed E-state index contributed by atoms with van der Waals surface area (Å²) in [6.45, 7) is 6.19. The van der Waals surface area contributed by atoms with E-state index in [-0.39, 0.29) is 37.5 Å². The molecular formula is C29H32ClN5O5S. The van der Waals surface area contributed by atoms with Gasteiger partial charge in [0, 0.05) is 55.2 Å². The maximum absolute atomic E-state index is 12.9. The Hall–Kier alpha value is -3.67. The van der Waals surface area contributed by atoms with Gasteiger partial charge in [-0.25, -0.2) is 4.98 Å². The molecule has 1 saturated heterocycles. The fourth-order valence-electron chi connectivity index (χ4n) is 4.79. The lowest BCUT2D eigenvalue weighted by Crippen LogP contribution is -2.48. The minimum absolute atomic E-state index is 0.0126. The molecule has 3 amide bonds. The van der Waals surface area contributed by atoms with Crippen LogP contribution in [0.2, 0.25) is 5.02 Å². The number of rotatable bonds is 10. The number of fused-ring (bicyclic) bond motifs is 1. The monoisotopic (exact) mass is 597 g/mol. The first-order chi connectivity index (χ1) is 19.9. The Morgan fingerprint density at radius 3 is 2.56 bits per heavy atom. The van der Waals surface area contributed by atoms with Crippen molar-refractivity contribution >= 4 is 45.8 Å². The SMILES string of the molecule is CCCN(CC(=O)Nc1nc(CC(=O)N2CCN(Cc3ccc4c(c3)OCO4)CC2)cs1)C(=O)c1ccc(Cl)cc1. The topological polar surface area (TPSA) is 104 Å². The molecule has 0 unspecified atom stereocenters. The van der Waals surface area contributed by atoms with E-state index in [1.807, 2.05) is 30.0 Å². The van der Waals surface area contributed by atoms with Gasteiger partial charge in [0.15, 0.2) is 16.6 Å². The van der Waals surface area contributed by atoms with E-state index in [9.17, 15) is 14.4 Å². The fourth-order valence-corrected chi connectivity index (χ4v) is 5.65. The molecule has 1 N–H and O–H groups in total. The zero-order valence-corrected chi connectivity index (χ0v) is 24.4. The molecule has 0 spiro atoms. The van der Waals surface area contributed by atoms with Crippen molar-refractivity contribution in [3.8, 4) is 11.5 Å². The summed E-state index contributed by atoms with van der Waals surface area (Å²) < 4.78 is 10.9. The highest BCUT2D eigenvalue weighted by molar-refractivity contribution is 7.13. The summed E-state index contributed by atoms with van der Waals surface area (Å²) in [6.07, 6.45) is 0.883. The summed E-state index contributed by atoms with van der Waals surface area (Å²) in [7, 11) is 0. The number of ether oxygens (including phenoxy) is 2. The molecule has 0 aliphatic carbocycles. The highest BCUT2D eigenvalue weighted by atomic mass is 35.5. The maximum atomic E-state index is 12.9. The molecule has 5 rings (SSSR count). The van der Waals surface area contributed by atoms with Gasteiger partial charge in [-0.15, -0.1) is 11.3 Å². The van der Waals surface area contributed by atoms with Crippen LogP contribution in [0.25, 0.3) is 0 Å². The summed E-state index contributed by atoms with van der Waals surface area (Å²) >= 11 is 7.19. The third-order valence-corrected chi connectivity index (χ3v) is 7.96. The summed E-state index contributed by atoms with van der Waals surface area (Å²) in [4.78, 5) is 48.7. The number of carbonyl (C=O) groups is 3. The van der Waals surface area contributed by atoms with Gasteiger partial charge < -0.3 is 24.6 Å². The Bertz CT molecular complexity index is 1390. The predicted octanol–water partition coefficient (Wildman–Crippen LogP) is 3.90. The van der Waals surface area contributed by atoms with Crippen LogP contribution in [0.1, 0.15) is 35.0 Å². The van der Waals surface area contributed by atoms with E-state index in [0.29, 0.717) is 47.5 Å². The Balaban J connectivity index is 1.07. The number of nitrogens with one attached hydrogen (secondary N) is 1. The minimum atomic E-state index is -0.341. The molecule has 41 heavy (non-hydrogen) atoms. The van der Waals surface area contributed by atoms with Crippen molar-refractivity contribution in [2.24, 2.45) is 0 Å². The summed E-state index contributed by atoms with van der Waals surface area (Å²) in [5, 5.41) is 5.50. The Morgan fingerprint density at radius 2 is 1.80 bits per heavy atom. The van der Waals surface area contributed by atoms with Crippen molar-refractivity contribution in [2.75, 3.05) is 51.4 Å². The molecule has 2 aromatic carbocycles. The van der Waals surface area contributed by atoms with Gasteiger partial charge >= 0.3 is 0 Å². The summed E-state index contributed by atoms with van der Waals surface area (Å²) in [5.74, 6) is 0.988. The van der Waals surface area contributed by atoms with E-state index >= 15 is 0 Å². The molecular weight excluding hydrogens is 566 g/mol. The number of hydrogen-bond acceptors (Lipinski definition) is 8.